The van der Waals surface area contributed by atoms with E-state index in [1.807, 2.05) is 5.32 Å². The SMILES string of the molecule is C[C@@H](O)[C@H](NC(=O)CNC(=O)[C@H](CCC(N)=O)NC(=O)C(C)(C)NC(=O)[C@@H](N)Cc1ccc(O)cc1)C(=O)O. The average Bonchev–Trinajstić information content (AvgIpc) is 2.83. The van der Waals surface area contributed by atoms with E-state index in [-0.39, 0.29) is 25.0 Å². The van der Waals surface area contributed by atoms with Crippen molar-refractivity contribution in [3.05, 3.63) is 29.8 Å². The summed E-state index contributed by atoms with van der Waals surface area (Å²) in [5.41, 5.74) is 10.2. The Kier molecular flexibility index (Phi) is 12.3. The van der Waals surface area contributed by atoms with Crippen LogP contribution in [0.15, 0.2) is 24.3 Å². The van der Waals surface area contributed by atoms with Gasteiger partial charge < -0.3 is 48.1 Å². The molecular formula is C24H36N6O9. The van der Waals surface area contributed by atoms with E-state index in [9.17, 15) is 39.0 Å². The number of carboxylic acids is 1. The number of rotatable bonds is 15. The van der Waals surface area contributed by atoms with Gasteiger partial charge in [0.2, 0.25) is 29.5 Å². The van der Waals surface area contributed by atoms with Crippen LogP contribution in [0.5, 0.6) is 5.75 Å². The van der Waals surface area contributed by atoms with Crippen LogP contribution in [-0.2, 0) is 35.2 Å². The predicted octanol–water partition coefficient (Wildman–Crippen LogP) is -3.03. The van der Waals surface area contributed by atoms with Crippen LogP contribution < -0.4 is 32.7 Å². The number of phenolic OH excluding ortho intramolecular Hbond substituents is 1. The van der Waals surface area contributed by atoms with Crippen molar-refractivity contribution in [1.29, 1.82) is 0 Å². The number of benzene rings is 1. The monoisotopic (exact) mass is 552 g/mol. The summed E-state index contributed by atoms with van der Waals surface area (Å²) in [6.45, 7) is 3.20. The van der Waals surface area contributed by atoms with Gasteiger partial charge in [-0.25, -0.2) is 4.79 Å². The van der Waals surface area contributed by atoms with E-state index < -0.39 is 71.8 Å². The largest absolute Gasteiger partial charge is 0.508 e. The smallest absolute Gasteiger partial charge is 0.328 e. The van der Waals surface area contributed by atoms with E-state index in [1.54, 1.807) is 12.1 Å². The zero-order chi connectivity index (χ0) is 29.9. The summed E-state index contributed by atoms with van der Waals surface area (Å²) in [4.78, 5) is 72.7. The highest BCUT2D eigenvalue weighted by Crippen LogP contribution is 2.12. The van der Waals surface area contributed by atoms with Gasteiger partial charge in [-0.2, -0.15) is 0 Å². The highest BCUT2D eigenvalue weighted by molar-refractivity contribution is 5.96. The van der Waals surface area contributed by atoms with Crippen LogP contribution in [0.4, 0.5) is 0 Å². The van der Waals surface area contributed by atoms with Crippen molar-refractivity contribution in [3.63, 3.8) is 0 Å². The quantitative estimate of drug-likeness (QED) is 0.106. The highest BCUT2D eigenvalue weighted by Gasteiger charge is 2.34. The Morgan fingerprint density at radius 1 is 1.00 bits per heavy atom. The molecule has 0 unspecified atom stereocenters. The second-order valence-corrected chi connectivity index (χ2v) is 9.46. The molecule has 0 radical (unpaired) electrons. The molecule has 0 saturated carbocycles. The van der Waals surface area contributed by atoms with E-state index >= 15 is 0 Å². The number of amides is 5. The first kappa shape index (κ1) is 32.8. The third-order valence-electron chi connectivity index (χ3n) is 5.52. The number of aromatic hydroxyl groups is 1. The zero-order valence-electron chi connectivity index (χ0n) is 21.9. The first-order valence-corrected chi connectivity index (χ1v) is 12.0. The Morgan fingerprint density at radius 3 is 2.10 bits per heavy atom. The number of nitrogens with two attached hydrogens (primary N) is 2. The average molecular weight is 553 g/mol. The molecule has 39 heavy (non-hydrogen) atoms. The molecule has 11 N–H and O–H groups in total. The van der Waals surface area contributed by atoms with Gasteiger partial charge in [-0.1, -0.05) is 12.1 Å². The van der Waals surface area contributed by atoms with Crippen molar-refractivity contribution < 1.29 is 44.1 Å². The summed E-state index contributed by atoms with van der Waals surface area (Å²) in [6, 6.07) is 2.08. The number of aliphatic carboxylic acids is 1. The number of primary amides is 1. The Balaban J connectivity index is 2.82. The maximum atomic E-state index is 12.9. The molecule has 4 atom stereocenters. The topological polar surface area (TPSA) is 263 Å². The van der Waals surface area contributed by atoms with Crippen molar-refractivity contribution in [1.82, 2.24) is 21.3 Å². The second kappa shape index (κ2) is 14.6. The molecule has 0 aliphatic rings. The molecule has 15 nitrogen and oxygen atoms in total. The molecule has 0 fully saturated rings. The molecule has 5 amide bonds. The van der Waals surface area contributed by atoms with Crippen LogP contribution >= 0.6 is 0 Å². The minimum Gasteiger partial charge on any atom is -0.508 e. The summed E-state index contributed by atoms with van der Waals surface area (Å²) in [7, 11) is 0. The summed E-state index contributed by atoms with van der Waals surface area (Å²) in [5.74, 6) is -5.46. The van der Waals surface area contributed by atoms with Gasteiger partial charge in [-0.3, -0.25) is 24.0 Å². The van der Waals surface area contributed by atoms with E-state index in [1.165, 1.54) is 26.0 Å². The molecular weight excluding hydrogens is 516 g/mol. The number of hydrogen-bond acceptors (Lipinski definition) is 9. The van der Waals surface area contributed by atoms with Crippen molar-refractivity contribution in [3.8, 4) is 5.75 Å². The fourth-order valence-corrected chi connectivity index (χ4v) is 3.23. The molecule has 0 saturated heterocycles. The molecule has 0 aromatic heterocycles. The summed E-state index contributed by atoms with van der Waals surface area (Å²) < 4.78 is 0. The lowest BCUT2D eigenvalue weighted by Gasteiger charge is -2.29. The molecule has 1 aromatic rings. The number of aliphatic hydroxyl groups excluding tert-OH is 1. The lowest BCUT2D eigenvalue weighted by atomic mass is 10.00. The van der Waals surface area contributed by atoms with Crippen molar-refractivity contribution in [2.24, 2.45) is 11.5 Å². The number of carboxylic acid groups (broad SMARTS) is 1. The first-order chi connectivity index (χ1) is 18.0. The molecule has 1 aromatic carbocycles. The fourth-order valence-electron chi connectivity index (χ4n) is 3.23. The molecule has 1 rings (SSSR count). The second-order valence-electron chi connectivity index (χ2n) is 9.46. The number of hydrogen-bond donors (Lipinski definition) is 9. The summed E-state index contributed by atoms with van der Waals surface area (Å²) in [6.07, 6.45) is -1.81. The molecule has 216 valence electrons. The minimum absolute atomic E-state index is 0.0503. The molecule has 0 aliphatic heterocycles. The van der Waals surface area contributed by atoms with Gasteiger partial charge in [0.1, 0.15) is 17.3 Å². The molecule has 0 bridgehead atoms. The van der Waals surface area contributed by atoms with Gasteiger partial charge in [-0.15, -0.1) is 0 Å². The van der Waals surface area contributed by atoms with Gasteiger partial charge in [-0.05, 0) is 51.3 Å². The lowest BCUT2D eigenvalue weighted by molar-refractivity contribution is -0.144. The molecule has 15 heteroatoms. The van der Waals surface area contributed by atoms with Gasteiger partial charge in [0.15, 0.2) is 6.04 Å². The van der Waals surface area contributed by atoms with Gasteiger partial charge in [0, 0.05) is 6.42 Å². The van der Waals surface area contributed by atoms with Crippen LogP contribution in [0.1, 0.15) is 39.2 Å². The van der Waals surface area contributed by atoms with Crippen LogP contribution in [0.25, 0.3) is 0 Å². The van der Waals surface area contributed by atoms with E-state index in [2.05, 4.69) is 16.0 Å². The third-order valence-corrected chi connectivity index (χ3v) is 5.52. The normalized spacial score (nSPS) is 14.2. The lowest BCUT2D eigenvalue weighted by Crippen LogP contribution is -2.61. The Morgan fingerprint density at radius 2 is 1.59 bits per heavy atom. The van der Waals surface area contributed by atoms with Crippen LogP contribution in [0, 0.1) is 0 Å². The van der Waals surface area contributed by atoms with E-state index in [0.29, 0.717) is 5.56 Å². The maximum absolute atomic E-state index is 12.9. The first-order valence-electron chi connectivity index (χ1n) is 12.0. The highest BCUT2D eigenvalue weighted by atomic mass is 16.4. The third kappa shape index (κ3) is 11.4. The van der Waals surface area contributed by atoms with Crippen LogP contribution in [0.3, 0.4) is 0 Å². The van der Waals surface area contributed by atoms with Crippen LogP contribution in [0.2, 0.25) is 0 Å². The number of aliphatic hydroxyl groups is 1. The molecule has 0 heterocycles. The minimum atomic E-state index is -1.61. The number of carbonyl (C=O) groups is 6. The van der Waals surface area contributed by atoms with Gasteiger partial charge in [0.05, 0.1) is 18.7 Å². The van der Waals surface area contributed by atoms with Crippen molar-refractivity contribution >= 4 is 35.5 Å². The zero-order valence-corrected chi connectivity index (χ0v) is 21.9. The summed E-state index contributed by atoms with van der Waals surface area (Å²) >= 11 is 0. The Bertz CT molecular complexity index is 1060. The molecule has 0 spiro atoms. The Hall–Kier alpha value is -4.24. The summed E-state index contributed by atoms with van der Waals surface area (Å²) in [5, 5.41) is 37.0. The van der Waals surface area contributed by atoms with Crippen molar-refractivity contribution in [2.45, 2.75) is 69.8 Å². The van der Waals surface area contributed by atoms with Crippen molar-refractivity contribution in [2.75, 3.05) is 6.54 Å². The maximum Gasteiger partial charge on any atom is 0.328 e. The van der Waals surface area contributed by atoms with E-state index in [0.717, 1.165) is 6.92 Å². The van der Waals surface area contributed by atoms with E-state index in [4.69, 9.17) is 16.6 Å². The van der Waals surface area contributed by atoms with Gasteiger partial charge >= 0.3 is 5.97 Å². The molecule has 0 aliphatic carbocycles. The Labute approximate surface area is 224 Å². The fraction of sp³-hybridized carbons (Fsp3) is 0.500. The van der Waals surface area contributed by atoms with Gasteiger partial charge in [0.25, 0.3) is 0 Å². The standard InChI is InChI=1S/C24H36N6O9/c1-12(31)19(22(37)38)29-18(34)11-27-21(36)16(8-9-17(26)33)28-23(39)24(2,3)30-20(35)15(25)10-13-4-6-14(32)7-5-13/h4-7,12,15-16,19,31-32H,8-11,25H2,1-3H3,(H2,26,33)(H,27,36)(H,28,39)(H,29,34)(H,30,35)(H,37,38)/t12-,15+,16+,19+/m1/s1. The predicted molar refractivity (Wildman–Crippen MR) is 137 cm³/mol. The number of nitrogens with one attached hydrogen (secondary N) is 4. The number of carbonyl (C=O) groups excluding carboxylic acids is 5. The number of phenols is 1. The van der Waals surface area contributed by atoms with Crippen LogP contribution in [-0.4, -0.2) is 87.1 Å².